The molecule has 0 bridgehead atoms. The van der Waals surface area contributed by atoms with E-state index < -0.39 is 27.6 Å². The van der Waals surface area contributed by atoms with Gasteiger partial charge in [-0.05, 0) is 50.2 Å². The quantitative estimate of drug-likeness (QED) is 0.555. The number of hydrogen-bond acceptors (Lipinski definition) is 5. The van der Waals surface area contributed by atoms with E-state index >= 15 is 0 Å². The third kappa shape index (κ3) is 4.48. The Morgan fingerprint density at radius 2 is 1.70 bits per heavy atom. The summed E-state index contributed by atoms with van der Waals surface area (Å²) in [5.41, 5.74) is 1.69. The van der Waals surface area contributed by atoms with E-state index in [1.807, 2.05) is 19.9 Å². The van der Waals surface area contributed by atoms with Crippen molar-refractivity contribution in [3.63, 3.8) is 0 Å². The Bertz CT molecular complexity index is 1340. The Labute approximate surface area is 194 Å². The zero-order chi connectivity index (χ0) is 23.9. The smallest absolute Gasteiger partial charge is 0.274 e. The average Bonchev–Trinajstić information content (AvgIpc) is 3.13. The summed E-state index contributed by atoms with van der Waals surface area (Å²) in [7, 11) is -4.03. The molecule has 3 heterocycles. The molecule has 0 saturated carbocycles. The molecule has 0 spiro atoms. The Morgan fingerprint density at radius 1 is 1.00 bits per heavy atom. The first kappa shape index (κ1) is 23.3. The first-order chi connectivity index (χ1) is 15.6. The van der Waals surface area contributed by atoms with E-state index in [0.29, 0.717) is 11.9 Å². The molecule has 1 saturated heterocycles. The maximum Gasteiger partial charge on any atom is 0.274 e. The van der Waals surface area contributed by atoms with Gasteiger partial charge in [-0.1, -0.05) is 11.6 Å². The van der Waals surface area contributed by atoms with Crippen LogP contribution in [0.4, 0.5) is 8.78 Å². The van der Waals surface area contributed by atoms with Crippen LogP contribution in [0.25, 0.3) is 5.82 Å². The molecule has 8 nitrogen and oxygen atoms in total. The molecule has 0 unspecified atom stereocenters. The van der Waals surface area contributed by atoms with Gasteiger partial charge in [0.15, 0.2) is 17.5 Å². The van der Waals surface area contributed by atoms with E-state index in [0.717, 1.165) is 27.8 Å². The van der Waals surface area contributed by atoms with Crippen molar-refractivity contribution < 1.29 is 22.0 Å². The van der Waals surface area contributed by atoms with Crippen LogP contribution >= 0.6 is 11.6 Å². The lowest BCUT2D eigenvalue weighted by Crippen LogP contribution is -2.50. The summed E-state index contributed by atoms with van der Waals surface area (Å²) in [6, 6.07) is 7.54. The number of nitrogens with zero attached hydrogens (tertiary/aromatic N) is 5. The van der Waals surface area contributed by atoms with Crippen LogP contribution in [0.2, 0.25) is 5.02 Å². The average molecular weight is 496 g/mol. The monoisotopic (exact) mass is 495 g/mol. The topological polar surface area (TPSA) is 88.4 Å². The van der Waals surface area contributed by atoms with Gasteiger partial charge in [0.2, 0.25) is 10.0 Å². The Kier molecular flexibility index (Phi) is 6.21. The van der Waals surface area contributed by atoms with E-state index in [1.54, 1.807) is 16.8 Å². The van der Waals surface area contributed by atoms with Gasteiger partial charge in [-0.3, -0.25) is 4.79 Å². The van der Waals surface area contributed by atoms with Crippen LogP contribution in [0.15, 0.2) is 41.3 Å². The Hall–Kier alpha value is -2.89. The van der Waals surface area contributed by atoms with Gasteiger partial charge in [-0.2, -0.15) is 9.40 Å². The van der Waals surface area contributed by atoms with Crippen molar-refractivity contribution in [3.05, 3.63) is 70.1 Å². The lowest BCUT2D eigenvalue weighted by Gasteiger charge is -2.34. The number of carbonyl (C=O) groups is 1. The van der Waals surface area contributed by atoms with Crippen LogP contribution in [-0.2, 0) is 10.0 Å². The molecule has 0 radical (unpaired) electrons. The molecule has 1 amide bonds. The molecule has 174 valence electrons. The second kappa shape index (κ2) is 8.81. The van der Waals surface area contributed by atoms with Crippen molar-refractivity contribution in [2.45, 2.75) is 18.7 Å². The second-order valence-corrected chi connectivity index (χ2v) is 9.96. The molecule has 3 aromatic rings. The summed E-state index contributed by atoms with van der Waals surface area (Å²) in [5.74, 6) is -2.37. The van der Waals surface area contributed by atoms with Crippen LogP contribution in [0.1, 0.15) is 21.9 Å². The van der Waals surface area contributed by atoms with Crippen LogP contribution in [0.3, 0.4) is 0 Å². The van der Waals surface area contributed by atoms with Gasteiger partial charge in [0.1, 0.15) is 5.69 Å². The number of aryl methyl sites for hydroxylation is 2. The fourth-order valence-electron chi connectivity index (χ4n) is 3.63. The van der Waals surface area contributed by atoms with Crippen molar-refractivity contribution in [3.8, 4) is 5.82 Å². The van der Waals surface area contributed by atoms with E-state index in [4.69, 9.17) is 11.6 Å². The first-order valence-electron chi connectivity index (χ1n) is 10.0. The first-order valence-corrected chi connectivity index (χ1v) is 11.8. The van der Waals surface area contributed by atoms with Gasteiger partial charge in [-0.25, -0.2) is 26.9 Å². The number of hydrogen-bond donors (Lipinski definition) is 0. The summed E-state index contributed by atoms with van der Waals surface area (Å²) >= 11 is 6.24. The number of amides is 1. The van der Waals surface area contributed by atoms with Crippen molar-refractivity contribution in [2.75, 3.05) is 26.2 Å². The lowest BCUT2D eigenvalue weighted by atomic mass is 10.2. The Balaban J connectivity index is 1.51. The minimum Gasteiger partial charge on any atom is -0.335 e. The molecule has 4 rings (SSSR count). The highest BCUT2D eigenvalue weighted by Gasteiger charge is 2.32. The third-order valence-electron chi connectivity index (χ3n) is 5.32. The number of carbonyl (C=O) groups excluding carboxylic acids is 1. The SMILES string of the molecule is Cc1cc(C)n(-c2ccc(Cl)c(C(=O)N3CCN(S(=O)(=O)c4ccc(F)c(F)c4)CC3)n2)n1. The van der Waals surface area contributed by atoms with Gasteiger partial charge in [0, 0.05) is 31.9 Å². The van der Waals surface area contributed by atoms with Gasteiger partial charge in [0.05, 0.1) is 15.6 Å². The molecule has 1 aliphatic heterocycles. The molecule has 0 aliphatic carbocycles. The number of sulfonamides is 1. The highest BCUT2D eigenvalue weighted by Crippen LogP contribution is 2.23. The highest BCUT2D eigenvalue weighted by molar-refractivity contribution is 7.89. The predicted molar refractivity (Wildman–Crippen MR) is 117 cm³/mol. The van der Waals surface area contributed by atoms with Crippen molar-refractivity contribution in [2.24, 2.45) is 0 Å². The normalized spacial score (nSPS) is 15.1. The molecule has 12 heteroatoms. The van der Waals surface area contributed by atoms with Crippen molar-refractivity contribution in [1.29, 1.82) is 0 Å². The second-order valence-electron chi connectivity index (χ2n) is 7.61. The minimum absolute atomic E-state index is 0.0121. The summed E-state index contributed by atoms with van der Waals surface area (Å²) in [6.07, 6.45) is 0. The number of pyridine rings is 1. The maximum absolute atomic E-state index is 13.5. The van der Waals surface area contributed by atoms with Crippen LogP contribution in [0, 0.1) is 25.5 Å². The molecule has 1 aliphatic rings. The van der Waals surface area contributed by atoms with Crippen LogP contribution in [0.5, 0.6) is 0 Å². The molecular weight excluding hydrogens is 476 g/mol. The summed E-state index contributed by atoms with van der Waals surface area (Å²) < 4.78 is 55.0. The molecule has 33 heavy (non-hydrogen) atoms. The number of rotatable bonds is 4. The number of benzene rings is 1. The highest BCUT2D eigenvalue weighted by atomic mass is 35.5. The predicted octanol–water partition coefficient (Wildman–Crippen LogP) is 2.96. The van der Waals surface area contributed by atoms with Gasteiger partial charge >= 0.3 is 0 Å². The molecule has 0 atom stereocenters. The summed E-state index contributed by atoms with van der Waals surface area (Å²) in [5, 5.41) is 4.53. The molecular formula is C21H20ClF2N5O3S. The standard InChI is InChI=1S/C21H20ClF2N5O3S/c1-13-11-14(2)29(26-13)19-6-4-16(22)20(25-19)21(30)27-7-9-28(10-8-27)33(31,32)15-3-5-17(23)18(24)12-15/h3-6,11-12H,7-10H2,1-2H3. The number of halogens is 3. The number of piperazine rings is 1. The van der Waals surface area contributed by atoms with E-state index in [9.17, 15) is 22.0 Å². The fraction of sp³-hybridized carbons (Fsp3) is 0.286. The maximum atomic E-state index is 13.5. The Morgan fingerprint density at radius 3 is 2.30 bits per heavy atom. The van der Waals surface area contributed by atoms with Gasteiger partial charge in [0.25, 0.3) is 5.91 Å². The molecule has 2 aromatic heterocycles. The zero-order valence-corrected chi connectivity index (χ0v) is 19.4. The van der Waals surface area contributed by atoms with E-state index in [2.05, 4.69) is 10.1 Å². The molecule has 0 N–H and O–H groups in total. The lowest BCUT2D eigenvalue weighted by molar-refractivity contribution is 0.0692. The minimum atomic E-state index is -4.03. The van der Waals surface area contributed by atoms with E-state index in [-0.39, 0.29) is 41.8 Å². The number of aromatic nitrogens is 3. The van der Waals surface area contributed by atoms with Crippen molar-refractivity contribution in [1.82, 2.24) is 24.0 Å². The summed E-state index contributed by atoms with van der Waals surface area (Å²) in [4.78, 5) is 18.6. The van der Waals surface area contributed by atoms with Crippen molar-refractivity contribution >= 4 is 27.5 Å². The van der Waals surface area contributed by atoms with Gasteiger partial charge in [-0.15, -0.1) is 0 Å². The third-order valence-corrected chi connectivity index (χ3v) is 7.51. The fourth-order valence-corrected chi connectivity index (χ4v) is 5.25. The molecule has 1 aromatic carbocycles. The van der Waals surface area contributed by atoms with Crippen LogP contribution in [-0.4, -0.2) is 64.5 Å². The molecule has 1 fully saturated rings. The van der Waals surface area contributed by atoms with E-state index in [1.165, 1.54) is 4.90 Å². The van der Waals surface area contributed by atoms with Crippen LogP contribution < -0.4 is 0 Å². The van der Waals surface area contributed by atoms with Gasteiger partial charge < -0.3 is 4.90 Å². The summed E-state index contributed by atoms with van der Waals surface area (Å²) in [6.45, 7) is 3.86. The largest absolute Gasteiger partial charge is 0.335 e. The zero-order valence-electron chi connectivity index (χ0n) is 17.8.